The molecule has 152 valence electrons. The fourth-order valence-electron chi connectivity index (χ4n) is 2.87. The van der Waals surface area contributed by atoms with Crippen molar-refractivity contribution in [3.8, 4) is 6.07 Å². The third kappa shape index (κ3) is 4.93. The van der Waals surface area contributed by atoms with Crippen molar-refractivity contribution < 1.29 is 8.42 Å². The van der Waals surface area contributed by atoms with E-state index < -0.39 is 9.84 Å². The van der Waals surface area contributed by atoms with Crippen LogP contribution in [-0.2, 0) is 15.6 Å². The minimum absolute atomic E-state index is 0.0992. The molecule has 0 saturated heterocycles. The molecule has 0 radical (unpaired) electrons. The normalized spacial score (nSPS) is 12.0. The highest BCUT2D eigenvalue weighted by Gasteiger charge is 2.25. The van der Waals surface area contributed by atoms with Crippen LogP contribution in [0.3, 0.4) is 0 Å². The van der Waals surface area contributed by atoms with Gasteiger partial charge in [-0.3, -0.25) is 0 Å². The zero-order valence-corrected chi connectivity index (χ0v) is 18.4. The molecule has 3 aromatic carbocycles. The van der Waals surface area contributed by atoms with Crippen LogP contribution in [0.4, 0.5) is 5.69 Å². The summed E-state index contributed by atoms with van der Waals surface area (Å²) in [5.41, 5.74) is 3.92. The summed E-state index contributed by atoms with van der Waals surface area (Å²) in [4.78, 5) is -0.183. The lowest BCUT2D eigenvalue weighted by Gasteiger charge is -2.16. The second-order valence-corrected chi connectivity index (χ2v) is 9.61. The van der Waals surface area contributed by atoms with Gasteiger partial charge in [0, 0.05) is 11.4 Å². The Morgan fingerprint density at radius 3 is 2.13 bits per heavy atom. The van der Waals surface area contributed by atoms with Crippen LogP contribution in [0.1, 0.15) is 16.7 Å². The molecule has 0 amide bonds. The molecule has 0 aliphatic carbocycles. The van der Waals surface area contributed by atoms with Gasteiger partial charge in [0.2, 0.25) is 9.84 Å². The van der Waals surface area contributed by atoms with E-state index in [4.69, 9.17) is 0 Å². The number of hydrogen-bond donors (Lipinski definition) is 1. The molecular formula is C24H22N2O2S2. The number of rotatable bonds is 7. The topological polar surface area (TPSA) is 70.0 Å². The molecule has 3 aromatic rings. The van der Waals surface area contributed by atoms with Gasteiger partial charge in [0.1, 0.15) is 11.1 Å². The monoisotopic (exact) mass is 434 g/mol. The Kier molecular flexibility index (Phi) is 6.99. The van der Waals surface area contributed by atoms with Crippen molar-refractivity contribution in [2.24, 2.45) is 0 Å². The van der Waals surface area contributed by atoms with Gasteiger partial charge < -0.3 is 5.32 Å². The Labute approximate surface area is 182 Å². The van der Waals surface area contributed by atoms with E-state index in [-0.39, 0.29) is 9.80 Å². The van der Waals surface area contributed by atoms with E-state index in [1.807, 2.05) is 68.4 Å². The lowest BCUT2D eigenvalue weighted by Crippen LogP contribution is -2.10. The molecular weight excluding hydrogens is 412 g/mol. The van der Waals surface area contributed by atoms with Crippen LogP contribution >= 0.6 is 11.8 Å². The molecule has 3 rings (SSSR count). The minimum Gasteiger partial charge on any atom is -0.348 e. The molecule has 0 bridgehead atoms. The predicted octanol–water partition coefficient (Wildman–Crippen LogP) is 5.82. The zero-order chi connectivity index (χ0) is 21.6. The second-order valence-electron chi connectivity index (χ2n) is 6.74. The number of aryl methyl sites for hydroxylation is 2. The summed E-state index contributed by atoms with van der Waals surface area (Å²) < 4.78 is 26.4. The van der Waals surface area contributed by atoms with Gasteiger partial charge in [0.05, 0.1) is 4.90 Å². The molecule has 0 fully saturated rings. The third-order valence-electron chi connectivity index (χ3n) is 4.66. The number of allylic oxidation sites excluding steroid dienone is 1. The van der Waals surface area contributed by atoms with Gasteiger partial charge in [-0.15, -0.1) is 11.8 Å². The van der Waals surface area contributed by atoms with E-state index >= 15 is 0 Å². The van der Waals surface area contributed by atoms with E-state index in [1.54, 1.807) is 18.2 Å². The highest BCUT2D eigenvalue weighted by molar-refractivity contribution is 8.04. The molecule has 0 aromatic heterocycles. The summed E-state index contributed by atoms with van der Waals surface area (Å²) in [5, 5.41) is 13.4. The molecule has 0 atom stereocenters. The SMILES string of the molecule is Cc1ccccc1CS/C(Nc1ccccc1C)=C(\C#N)S(=O)(=O)c1ccccc1. The Hall–Kier alpha value is -3.01. The summed E-state index contributed by atoms with van der Waals surface area (Å²) in [6.45, 7) is 3.95. The van der Waals surface area contributed by atoms with Crippen LogP contribution in [0, 0.1) is 25.2 Å². The van der Waals surface area contributed by atoms with Crippen molar-refractivity contribution in [3.05, 3.63) is 105 Å². The van der Waals surface area contributed by atoms with Crippen LogP contribution in [0.5, 0.6) is 0 Å². The highest BCUT2D eigenvalue weighted by atomic mass is 32.2. The van der Waals surface area contributed by atoms with Crippen molar-refractivity contribution in [2.75, 3.05) is 5.32 Å². The first-order valence-corrected chi connectivity index (χ1v) is 11.8. The molecule has 0 spiro atoms. The average molecular weight is 435 g/mol. The van der Waals surface area contributed by atoms with E-state index in [9.17, 15) is 13.7 Å². The van der Waals surface area contributed by atoms with Gasteiger partial charge >= 0.3 is 0 Å². The Balaban J connectivity index is 2.07. The Bertz CT molecular complexity index is 1210. The third-order valence-corrected chi connectivity index (χ3v) is 7.56. The first kappa shape index (κ1) is 21.7. The van der Waals surface area contributed by atoms with Crippen molar-refractivity contribution in [3.63, 3.8) is 0 Å². The lowest BCUT2D eigenvalue weighted by molar-refractivity contribution is 0.603. The quantitative estimate of drug-likeness (QED) is 0.475. The number of anilines is 1. The molecule has 0 aliphatic heterocycles. The molecule has 0 saturated carbocycles. The number of nitrogens with one attached hydrogen (secondary N) is 1. The molecule has 0 aliphatic rings. The summed E-state index contributed by atoms with van der Waals surface area (Å²) in [6.07, 6.45) is 0. The lowest BCUT2D eigenvalue weighted by atomic mass is 10.1. The number of benzene rings is 3. The number of thioether (sulfide) groups is 1. The predicted molar refractivity (Wildman–Crippen MR) is 124 cm³/mol. The number of nitriles is 1. The summed E-state index contributed by atoms with van der Waals surface area (Å²) in [7, 11) is -3.96. The summed E-state index contributed by atoms with van der Waals surface area (Å²) >= 11 is 1.31. The molecule has 4 nitrogen and oxygen atoms in total. The number of sulfone groups is 1. The first-order chi connectivity index (χ1) is 14.4. The van der Waals surface area contributed by atoms with E-state index in [1.165, 1.54) is 23.9 Å². The first-order valence-electron chi connectivity index (χ1n) is 9.38. The maximum Gasteiger partial charge on any atom is 0.219 e. The fraction of sp³-hybridized carbons (Fsp3) is 0.125. The standard InChI is InChI=1S/C24H22N2O2S2/c1-18-10-6-8-12-20(18)17-29-24(26-22-15-9-7-11-19(22)2)23(16-25)30(27,28)21-13-4-3-5-14-21/h3-15,26H,17H2,1-2H3/b24-23+. The summed E-state index contributed by atoms with van der Waals surface area (Å²) in [6, 6.07) is 25.5. The fourth-order valence-corrected chi connectivity index (χ4v) is 5.52. The maximum atomic E-state index is 13.2. The van der Waals surface area contributed by atoms with Gasteiger partial charge in [-0.25, -0.2) is 8.42 Å². The Morgan fingerprint density at radius 1 is 0.900 bits per heavy atom. The van der Waals surface area contributed by atoms with Gasteiger partial charge in [-0.2, -0.15) is 5.26 Å². The maximum absolute atomic E-state index is 13.2. The van der Waals surface area contributed by atoms with Crippen molar-refractivity contribution >= 4 is 27.3 Å². The van der Waals surface area contributed by atoms with Crippen molar-refractivity contribution in [1.29, 1.82) is 5.26 Å². The van der Waals surface area contributed by atoms with E-state index in [2.05, 4.69) is 5.32 Å². The zero-order valence-electron chi connectivity index (χ0n) is 16.8. The second kappa shape index (κ2) is 9.66. The van der Waals surface area contributed by atoms with Gasteiger partial charge in [0.15, 0.2) is 4.91 Å². The van der Waals surface area contributed by atoms with Gasteiger partial charge in [-0.1, -0.05) is 60.7 Å². The number of hydrogen-bond acceptors (Lipinski definition) is 5. The largest absolute Gasteiger partial charge is 0.348 e. The number of nitrogens with zero attached hydrogens (tertiary/aromatic N) is 1. The molecule has 6 heteroatoms. The van der Waals surface area contributed by atoms with Gasteiger partial charge in [-0.05, 0) is 48.7 Å². The van der Waals surface area contributed by atoms with Crippen LogP contribution in [0.15, 0.2) is 93.7 Å². The van der Waals surface area contributed by atoms with Crippen LogP contribution in [0.25, 0.3) is 0 Å². The molecule has 1 N–H and O–H groups in total. The molecule has 0 unspecified atom stereocenters. The Morgan fingerprint density at radius 2 is 1.50 bits per heavy atom. The van der Waals surface area contributed by atoms with Crippen molar-refractivity contribution in [2.45, 2.75) is 24.5 Å². The van der Waals surface area contributed by atoms with E-state index in [0.717, 1.165) is 22.4 Å². The highest BCUT2D eigenvalue weighted by Crippen LogP contribution is 2.32. The van der Waals surface area contributed by atoms with Crippen LogP contribution < -0.4 is 5.32 Å². The van der Waals surface area contributed by atoms with Crippen LogP contribution in [-0.4, -0.2) is 8.42 Å². The molecule has 0 heterocycles. The summed E-state index contributed by atoms with van der Waals surface area (Å²) in [5.74, 6) is 0.538. The smallest absolute Gasteiger partial charge is 0.219 e. The van der Waals surface area contributed by atoms with E-state index in [0.29, 0.717) is 10.8 Å². The number of para-hydroxylation sites is 1. The van der Waals surface area contributed by atoms with Gasteiger partial charge in [0.25, 0.3) is 0 Å². The average Bonchev–Trinajstić information content (AvgIpc) is 2.75. The van der Waals surface area contributed by atoms with Crippen molar-refractivity contribution in [1.82, 2.24) is 0 Å². The minimum atomic E-state index is -3.96. The molecule has 30 heavy (non-hydrogen) atoms. The van der Waals surface area contributed by atoms with Crippen LogP contribution in [0.2, 0.25) is 0 Å².